The van der Waals surface area contributed by atoms with E-state index in [0.717, 1.165) is 29.7 Å². The maximum Gasteiger partial charge on any atom is 0.224 e. The van der Waals surface area contributed by atoms with Crippen LogP contribution in [0.4, 0.5) is 5.69 Å². The lowest BCUT2D eigenvalue weighted by atomic mass is 9.80. The topological polar surface area (TPSA) is 55.1 Å². The van der Waals surface area contributed by atoms with Gasteiger partial charge in [-0.2, -0.15) is 0 Å². The van der Waals surface area contributed by atoms with E-state index in [4.69, 9.17) is 5.73 Å². The lowest BCUT2D eigenvalue weighted by molar-refractivity contribution is -0.127. The molecule has 3 N–H and O–H groups in total. The summed E-state index contributed by atoms with van der Waals surface area (Å²) < 4.78 is 0. The predicted molar refractivity (Wildman–Crippen MR) is 74.0 cm³/mol. The Morgan fingerprint density at radius 3 is 2.61 bits per heavy atom. The average molecular weight is 244 g/mol. The SMILES string of the molecule is C=C1C[C@@H](Cc2ccc(N)cc2)C(=O)NC1(C)C. The van der Waals surface area contributed by atoms with Crippen molar-refractivity contribution in [2.75, 3.05) is 5.73 Å². The first-order chi connectivity index (χ1) is 8.38. The summed E-state index contributed by atoms with van der Waals surface area (Å²) in [5.74, 6) is 0.0957. The molecule has 0 radical (unpaired) electrons. The van der Waals surface area contributed by atoms with Crippen molar-refractivity contribution in [2.24, 2.45) is 5.92 Å². The van der Waals surface area contributed by atoms with Gasteiger partial charge >= 0.3 is 0 Å². The molecule has 96 valence electrons. The van der Waals surface area contributed by atoms with Crippen molar-refractivity contribution >= 4 is 11.6 Å². The van der Waals surface area contributed by atoms with Crippen LogP contribution in [-0.2, 0) is 11.2 Å². The number of anilines is 1. The summed E-state index contributed by atoms with van der Waals surface area (Å²) in [4.78, 5) is 12.0. The van der Waals surface area contributed by atoms with Crippen LogP contribution in [0.1, 0.15) is 25.8 Å². The van der Waals surface area contributed by atoms with E-state index in [0.29, 0.717) is 0 Å². The first kappa shape index (κ1) is 12.7. The molecule has 1 aliphatic heterocycles. The Balaban J connectivity index is 2.09. The molecule has 2 rings (SSSR count). The first-order valence-electron chi connectivity index (χ1n) is 6.23. The standard InChI is InChI=1S/C15H20N2O/c1-10-8-12(14(18)17-15(10,2)3)9-11-4-6-13(16)7-5-11/h4-7,12H,1,8-9,16H2,2-3H3,(H,17,18)/t12-/m0/s1. The van der Waals surface area contributed by atoms with Gasteiger partial charge in [0.05, 0.1) is 5.54 Å². The smallest absolute Gasteiger partial charge is 0.224 e. The van der Waals surface area contributed by atoms with E-state index in [-0.39, 0.29) is 17.4 Å². The van der Waals surface area contributed by atoms with Crippen LogP contribution >= 0.6 is 0 Å². The van der Waals surface area contributed by atoms with Crippen LogP contribution in [0.25, 0.3) is 0 Å². The molecule has 1 amide bonds. The van der Waals surface area contributed by atoms with E-state index in [1.165, 1.54) is 0 Å². The number of carbonyl (C=O) groups is 1. The summed E-state index contributed by atoms with van der Waals surface area (Å²) in [6.07, 6.45) is 1.49. The van der Waals surface area contributed by atoms with Gasteiger partial charge in [-0.05, 0) is 44.4 Å². The summed E-state index contributed by atoms with van der Waals surface area (Å²) >= 11 is 0. The van der Waals surface area contributed by atoms with Gasteiger partial charge in [0, 0.05) is 11.6 Å². The second kappa shape index (κ2) is 4.48. The van der Waals surface area contributed by atoms with E-state index < -0.39 is 0 Å². The monoisotopic (exact) mass is 244 g/mol. The van der Waals surface area contributed by atoms with Crippen molar-refractivity contribution in [2.45, 2.75) is 32.2 Å². The van der Waals surface area contributed by atoms with Gasteiger partial charge in [0.1, 0.15) is 0 Å². The van der Waals surface area contributed by atoms with Crippen molar-refractivity contribution in [1.29, 1.82) is 0 Å². The van der Waals surface area contributed by atoms with Crippen molar-refractivity contribution in [3.8, 4) is 0 Å². The molecule has 0 aliphatic carbocycles. The zero-order valence-electron chi connectivity index (χ0n) is 11.0. The minimum absolute atomic E-state index is 0.0193. The molecule has 3 heteroatoms. The quantitative estimate of drug-likeness (QED) is 0.619. The van der Waals surface area contributed by atoms with Crippen LogP contribution in [0.3, 0.4) is 0 Å². The number of hydrogen-bond acceptors (Lipinski definition) is 2. The third kappa shape index (κ3) is 2.55. The number of amides is 1. The van der Waals surface area contributed by atoms with Crippen molar-refractivity contribution in [3.63, 3.8) is 0 Å². The summed E-state index contributed by atoms with van der Waals surface area (Å²) in [7, 11) is 0. The van der Waals surface area contributed by atoms with Crippen LogP contribution in [-0.4, -0.2) is 11.4 Å². The van der Waals surface area contributed by atoms with Crippen LogP contribution in [0.2, 0.25) is 0 Å². The third-order valence-corrected chi connectivity index (χ3v) is 3.64. The number of rotatable bonds is 2. The molecule has 18 heavy (non-hydrogen) atoms. The van der Waals surface area contributed by atoms with Crippen LogP contribution < -0.4 is 11.1 Å². The number of hydrogen-bond donors (Lipinski definition) is 2. The van der Waals surface area contributed by atoms with Crippen LogP contribution in [0, 0.1) is 5.92 Å². The zero-order valence-corrected chi connectivity index (χ0v) is 11.0. The summed E-state index contributed by atoms with van der Waals surface area (Å²) in [5.41, 5.74) is 8.34. The number of piperidine rings is 1. The maximum absolute atomic E-state index is 12.0. The highest BCUT2D eigenvalue weighted by molar-refractivity contribution is 5.82. The molecule has 0 aromatic heterocycles. The minimum atomic E-state index is -0.283. The molecule has 0 bridgehead atoms. The Labute approximate surface area is 108 Å². The van der Waals surface area contributed by atoms with Gasteiger partial charge in [0.25, 0.3) is 0 Å². The number of nitrogens with one attached hydrogen (secondary N) is 1. The van der Waals surface area contributed by atoms with E-state index in [1.807, 2.05) is 38.1 Å². The van der Waals surface area contributed by atoms with Gasteiger partial charge in [-0.1, -0.05) is 24.3 Å². The fourth-order valence-electron chi connectivity index (χ4n) is 2.25. The predicted octanol–water partition coefficient (Wildman–Crippen LogP) is 2.28. The van der Waals surface area contributed by atoms with Gasteiger partial charge in [-0.15, -0.1) is 0 Å². The molecule has 1 heterocycles. The molecule has 0 unspecified atom stereocenters. The van der Waals surface area contributed by atoms with E-state index in [1.54, 1.807) is 0 Å². The fourth-order valence-corrected chi connectivity index (χ4v) is 2.25. The van der Waals surface area contributed by atoms with Gasteiger partial charge < -0.3 is 11.1 Å². The van der Waals surface area contributed by atoms with E-state index >= 15 is 0 Å². The normalized spacial score (nSPS) is 22.7. The Hall–Kier alpha value is -1.77. The first-order valence-corrected chi connectivity index (χ1v) is 6.23. The fraction of sp³-hybridized carbons (Fsp3) is 0.400. The lowest BCUT2D eigenvalue weighted by Crippen LogP contribution is -2.52. The highest BCUT2D eigenvalue weighted by atomic mass is 16.2. The molecule has 1 aliphatic rings. The summed E-state index contributed by atoms with van der Waals surface area (Å²) in [5, 5.41) is 3.02. The van der Waals surface area contributed by atoms with Crippen LogP contribution in [0.15, 0.2) is 36.4 Å². The molecule has 1 aromatic carbocycles. The second-order valence-corrected chi connectivity index (χ2v) is 5.56. The lowest BCUT2D eigenvalue weighted by Gasteiger charge is -2.37. The van der Waals surface area contributed by atoms with Gasteiger partial charge in [-0.3, -0.25) is 4.79 Å². The Morgan fingerprint density at radius 2 is 2.00 bits per heavy atom. The van der Waals surface area contributed by atoms with Crippen molar-refractivity contribution in [1.82, 2.24) is 5.32 Å². The Morgan fingerprint density at radius 1 is 1.39 bits per heavy atom. The number of benzene rings is 1. The summed E-state index contributed by atoms with van der Waals surface area (Å²) in [6, 6.07) is 7.69. The van der Waals surface area contributed by atoms with Gasteiger partial charge in [0.15, 0.2) is 0 Å². The molecule has 1 aromatic rings. The minimum Gasteiger partial charge on any atom is -0.399 e. The molecule has 1 fully saturated rings. The Kier molecular flexibility index (Phi) is 3.16. The Bertz CT molecular complexity index is 474. The molecule has 1 saturated heterocycles. The second-order valence-electron chi connectivity index (χ2n) is 5.56. The summed E-state index contributed by atoms with van der Waals surface area (Å²) in [6.45, 7) is 8.06. The van der Waals surface area contributed by atoms with Crippen molar-refractivity contribution < 1.29 is 4.79 Å². The molecule has 3 nitrogen and oxygen atoms in total. The molecule has 0 spiro atoms. The molecular formula is C15H20N2O. The van der Waals surface area contributed by atoms with Gasteiger partial charge in [0.2, 0.25) is 5.91 Å². The van der Waals surface area contributed by atoms with Crippen LogP contribution in [0.5, 0.6) is 0 Å². The van der Waals surface area contributed by atoms with E-state index in [9.17, 15) is 4.79 Å². The van der Waals surface area contributed by atoms with E-state index in [2.05, 4.69) is 11.9 Å². The molecule has 0 saturated carbocycles. The molecule has 1 atom stereocenters. The highest BCUT2D eigenvalue weighted by Gasteiger charge is 2.35. The third-order valence-electron chi connectivity index (χ3n) is 3.64. The maximum atomic E-state index is 12.0. The van der Waals surface area contributed by atoms with Gasteiger partial charge in [-0.25, -0.2) is 0 Å². The van der Waals surface area contributed by atoms with Crippen molar-refractivity contribution in [3.05, 3.63) is 42.0 Å². The molecular weight excluding hydrogens is 224 g/mol. The average Bonchev–Trinajstić information content (AvgIpc) is 2.28. The highest BCUT2D eigenvalue weighted by Crippen LogP contribution is 2.29. The number of nitrogen functional groups attached to an aromatic ring is 1. The largest absolute Gasteiger partial charge is 0.399 e. The number of carbonyl (C=O) groups excluding carboxylic acids is 1. The number of nitrogens with two attached hydrogens (primary N) is 1. The zero-order chi connectivity index (χ0) is 13.3.